The Kier molecular flexibility index (Phi) is 1.58. The SMILES string of the molecule is CC(C)[n+]1ccns1. The van der Waals surface area contributed by atoms with E-state index in [0.29, 0.717) is 6.04 Å². The Bertz CT molecular complexity index is 145. The molecule has 0 aliphatic rings. The molecule has 0 unspecified atom stereocenters. The fourth-order valence-electron chi connectivity index (χ4n) is 0.468. The van der Waals surface area contributed by atoms with Gasteiger partial charge in [0.05, 0.1) is 0 Å². The summed E-state index contributed by atoms with van der Waals surface area (Å²) in [5, 5.41) is 0. The third-order valence-corrected chi connectivity index (χ3v) is 1.87. The smallest absolute Gasteiger partial charge is 0.174 e. The standard InChI is InChI=1S/C5H9N2S/c1-5(2)7-4-3-6-8-7/h3-5H,1-2H3/q+1. The minimum Gasteiger partial charge on any atom is -0.174 e. The summed E-state index contributed by atoms with van der Waals surface area (Å²) < 4.78 is 6.05. The van der Waals surface area contributed by atoms with Crippen LogP contribution in [-0.4, -0.2) is 4.37 Å². The van der Waals surface area contributed by atoms with Gasteiger partial charge in [-0.3, -0.25) is 0 Å². The zero-order chi connectivity index (χ0) is 5.98. The van der Waals surface area contributed by atoms with Crippen LogP contribution in [0.25, 0.3) is 0 Å². The number of nitrogens with zero attached hydrogens (tertiary/aromatic N) is 2. The molecule has 0 bridgehead atoms. The first-order valence-corrected chi connectivity index (χ1v) is 3.36. The fourth-order valence-corrected chi connectivity index (χ4v) is 0.983. The molecule has 0 spiro atoms. The van der Waals surface area contributed by atoms with Crippen molar-refractivity contribution in [2.45, 2.75) is 19.9 Å². The molecule has 8 heavy (non-hydrogen) atoms. The van der Waals surface area contributed by atoms with Gasteiger partial charge in [-0.2, -0.15) is 3.96 Å². The van der Waals surface area contributed by atoms with Crippen LogP contribution in [0.5, 0.6) is 0 Å². The fraction of sp³-hybridized carbons (Fsp3) is 0.600. The van der Waals surface area contributed by atoms with Crippen LogP contribution < -0.4 is 3.96 Å². The second-order valence-electron chi connectivity index (χ2n) is 1.94. The van der Waals surface area contributed by atoms with E-state index in [-0.39, 0.29) is 0 Å². The number of hydrogen-bond acceptors (Lipinski definition) is 2. The summed E-state index contributed by atoms with van der Waals surface area (Å²) in [6.07, 6.45) is 3.79. The van der Waals surface area contributed by atoms with E-state index < -0.39 is 0 Å². The van der Waals surface area contributed by atoms with E-state index in [4.69, 9.17) is 0 Å². The highest BCUT2D eigenvalue weighted by Crippen LogP contribution is 1.91. The summed E-state index contributed by atoms with van der Waals surface area (Å²) in [7, 11) is 0. The predicted octanol–water partition coefficient (Wildman–Crippen LogP) is 1.01. The maximum Gasteiger partial charge on any atom is 0.276 e. The van der Waals surface area contributed by atoms with Gasteiger partial charge < -0.3 is 0 Å². The van der Waals surface area contributed by atoms with Crippen LogP contribution in [0.2, 0.25) is 0 Å². The quantitative estimate of drug-likeness (QED) is 0.517. The van der Waals surface area contributed by atoms with Crippen molar-refractivity contribution >= 4 is 11.7 Å². The van der Waals surface area contributed by atoms with Crippen molar-refractivity contribution < 1.29 is 3.96 Å². The van der Waals surface area contributed by atoms with Gasteiger partial charge in [-0.05, 0) is 13.8 Å². The normalized spacial score (nSPS) is 10.4. The molecule has 0 fully saturated rings. The molecule has 0 radical (unpaired) electrons. The Balaban J connectivity index is 2.77. The van der Waals surface area contributed by atoms with E-state index in [1.807, 2.05) is 12.4 Å². The van der Waals surface area contributed by atoms with Crippen molar-refractivity contribution in [3.63, 3.8) is 0 Å². The Morgan fingerprint density at radius 1 is 1.62 bits per heavy atom. The van der Waals surface area contributed by atoms with Crippen LogP contribution in [-0.2, 0) is 0 Å². The predicted molar refractivity (Wildman–Crippen MR) is 32.7 cm³/mol. The lowest BCUT2D eigenvalue weighted by molar-refractivity contribution is -0.650. The van der Waals surface area contributed by atoms with Crippen molar-refractivity contribution in [1.29, 1.82) is 0 Å². The monoisotopic (exact) mass is 129 g/mol. The molecule has 0 aliphatic heterocycles. The minimum atomic E-state index is 0.558. The number of hydrogen-bond donors (Lipinski definition) is 0. The first-order valence-electron chi connectivity index (χ1n) is 2.63. The van der Waals surface area contributed by atoms with Gasteiger partial charge in [-0.1, -0.05) is 0 Å². The number of rotatable bonds is 1. The van der Waals surface area contributed by atoms with Crippen LogP contribution in [0.1, 0.15) is 19.9 Å². The molecule has 0 N–H and O–H groups in total. The molecule has 44 valence electrons. The molecule has 0 aliphatic carbocycles. The average molecular weight is 129 g/mol. The first-order chi connectivity index (χ1) is 3.80. The molecule has 1 heterocycles. The van der Waals surface area contributed by atoms with Crippen LogP contribution in [0.4, 0.5) is 0 Å². The van der Waals surface area contributed by atoms with Crippen LogP contribution in [0, 0.1) is 0 Å². The zero-order valence-corrected chi connectivity index (χ0v) is 5.85. The van der Waals surface area contributed by atoms with E-state index in [0.717, 1.165) is 0 Å². The lowest BCUT2D eigenvalue weighted by Crippen LogP contribution is -2.29. The highest BCUT2D eigenvalue weighted by atomic mass is 32.1. The van der Waals surface area contributed by atoms with Crippen molar-refractivity contribution in [2.24, 2.45) is 0 Å². The molecule has 1 aromatic heterocycles. The molecule has 0 saturated heterocycles. The molecular weight excluding hydrogens is 120 g/mol. The first kappa shape index (κ1) is 5.69. The Morgan fingerprint density at radius 3 is 2.62 bits per heavy atom. The zero-order valence-electron chi connectivity index (χ0n) is 5.03. The summed E-state index contributed by atoms with van der Waals surface area (Å²) in [6.45, 7) is 4.27. The molecule has 1 aromatic rings. The van der Waals surface area contributed by atoms with Crippen molar-refractivity contribution in [1.82, 2.24) is 4.37 Å². The van der Waals surface area contributed by atoms with Gasteiger partial charge in [0, 0.05) is 4.37 Å². The van der Waals surface area contributed by atoms with Gasteiger partial charge in [0.2, 0.25) is 0 Å². The topological polar surface area (TPSA) is 16.8 Å². The minimum absolute atomic E-state index is 0.558. The lowest BCUT2D eigenvalue weighted by atomic mass is 10.4. The largest absolute Gasteiger partial charge is 0.276 e. The molecule has 3 heteroatoms. The molecule has 0 amide bonds. The molecule has 0 saturated carbocycles. The average Bonchev–Trinajstić information content (AvgIpc) is 2.12. The molecule has 0 aromatic carbocycles. The molecular formula is C5H9N2S+. The maximum absolute atomic E-state index is 3.95. The maximum atomic E-state index is 3.95. The van der Waals surface area contributed by atoms with Gasteiger partial charge in [-0.25, -0.2) is 0 Å². The Labute approximate surface area is 53.1 Å². The van der Waals surface area contributed by atoms with E-state index in [1.54, 1.807) is 0 Å². The van der Waals surface area contributed by atoms with E-state index >= 15 is 0 Å². The second kappa shape index (κ2) is 2.22. The number of aromatic nitrogens is 2. The molecule has 2 nitrogen and oxygen atoms in total. The van der Waals surface area contributed by atoms with E-state index in [9.17, 15) is 0 Å². The Morgan fingerprint density at radius 2 is 2.38 bits per heavy atom. The van der Waals surface area contributed by atoms with Gasteiger partial charge in [0.1, 0.15) is 12.2 Å². The molecule has 0 atom stereocenters. The molecule has 1 rings (SSSR count). The summed E-state index contributed by atoms with van der Waals surface area (Å²) in [5.74, 6) is 0. The van der Waals surface area contributed by atoms with E-state index in [1.165, 1.54) is 11.7 Å². The van der Waals surface area contributed by atoms with E-state index in [2.05, 4.69) is 22.2 Å². The Hall–Kier alpha value is -0.440. The summed E-state index contributed by atoms with van der Waals surface area (Å²) in [5.41, 5.74) is 0. The van der Waals surface area contributed by atoms with Gasteiger partial charge in [0.15, 0.2) is 6.20 Å². The van der Waals surface area contributed by atoms with Crippen molar-refractivity contribution in [2.75, 3.05) is 0 Å². The van der Waals surface area contributed by atoms with Crippen LogP contribution in [0.15, 0.2) is 12.4 Å². The summed E-state index contributed by atoms with van der Waals surface area (Å²) >= 11 is 1.50. The summed E-state index contributed by atoms with van der Waals surface area (Å²) in [4.78, 5) is 0. The summed E-state index contributed by atoms with van der Waals surface area (Å²) in [6, 6.07) is 0.558. The third kappa shape index (κ3) is 1.04. The highest BCUT2D eigenvalue weighted by molar-refractivity contribution is 6.94. The third-order valence-electron chi connectivity index (χ3n) is 0.925. The van der Waals surface area contributed by atoms with Crippen LogP contribution in [0.3, 0.4) is 0 Å². The second-order valence-corrected chi connectivity index (χ2v) is 2.73. The van der Waals surface area contributed by atoms with Gasteiger partial charge in [0.25, 0.3) is 11.7 Å². The van der Waals surface area contributed by atoms with Crippen molar-refractivity contribution in [3.05, 3.63) is 12.4 Å². The van der Waals surface area contributed by atoms with Gasteiger partial charge in [-0.15, -0.1) is 0 Å². The van der Waals surface area contributed by atoms with Gasteiger partial charge >= 0.3 is 0 Å². The van der Waals surface area contributed by atoms with Crippen LogP contribution >= 0.6 is 11.7 Å². The lowest BCUT2D eigenvalue weighted by Gasteiger charge is -1.91. The van der Waals surface area contributed by atoms with Crippen molar-refractivity contribution in [3.8, 4) is 0 Å². The highest BCUT2D eigenvalue weighted by Gasteiger charge is 2.02.